The highest BCUT2D eigenvalue weighted by Crippen LogP contribution is 2.15. The molecule has 2 aromatic rings. The maximum atomic E-state index is 3.87. The van der Waals surface area contributed by atoms with Crippen LogP contribution in [-0.2, 0) is 0 Å². The molecule has 3 nitrogen and oxygen atoms in total. The van der Waals surface area contributed by atoms with Gasteiger partial charge in [-0.1, -0.05) is 31.2 Å². The standard InChI is InChI=1S/C11H12N3/c1-9(2)10-3-5-11(6-4-10)14-8-7-12-13-14/h3-6,8-9H,1-2H3. The van der Waals surface area contributed by atoms with Crippen LogP contribution in [-0.4, -0.2) is 15.0 Å². The summed E-state index contributed by atoms with van der Waals surface area (Å²) in [6.07, 6.45) is 4.38. The molecule has 71 valence electrons. The molecule has 0 spiro atoms. The second-order valence-electron chi connectivity index (χ2n) is 3.54. The van der Waals surface area contributed by atoms with Crippen LogP contribution < -0.4 is 0 Å². The Hall–Kier alpha value is -1.64. The molecule has 0 bridgehead atoms. The van der Waals surface area contributed by atoms with E-state index >= 15 is 0 Å². The SMILES string of the molecule is CC(C)c1ccc(-n2c[c]nn2)cc1. The monoisotopic (exact) mass is 186 g/mol. The van der Waals surface area contributed by atoms with Crippen molar-refractivity contribution in [1.82, 2.24) is 15.0 Å². The Morgan fingerprint density at radius 2 is 1.93 bits per heavy atom. The van der Waals surface area contributed by atoms with E-state index in [0.29, 0.717) is 5.92 Å². The Labute approximate surface area is 83.4 Å². The van der Waals surface area contributed by atoms with Crippen LogP contribution in [0.1, 0.15) is 25.3 Å². The van der Waals surface area contributed by atoms with Gasteiger partial charge in [0.05, 0.1) is 11.9 Å². The van der Waals surface area contributed by atoms with Crippen molar-refractivity contribution < 1.29 is 0 Å². The van der Waals surface area contributed by atoms with Crippen LogP contribution in [0.4, 0.5) is 0 Å². The summed E-state index contributed by atoms with van der Waals surface area (Å²) in [5.74, 6) is 0.561. The van der Waals surface area contributed by atoms with Gasteiger partial charge < -0.3 is 0 Å². The van der Waals surface area contributed by atoms with Crippen LogP contribution in [0.3, 0.4) is 0 Å². The number of hydrogen-bond acceptors (Lipinski definition) is 2. The zero-order valence-electron chi connectivity index (χ0n) is 8.31. The molecule has 14 heavy (non-hydrogen) atoms. The molecule has 0 atom stereocenters. The smallest absolute Gasteiger partial charge is 0.135 e. The van der Waals surface area contributed by atoms with Crippen molar-refractivity contribution in [2.24, 2.45) is 0 Å². The van der Waals surface area contributed by atoms with Gasteiger partial charge in [0.15, 0.2) is 0 Å². The number of aromatic nitrogens is 3. The summed E-state index contributed by atoms with van der Waals surface area (Å²) in [5, 5.41) is 7.52. The van der Waals surface area contributed by atoms with Gasteiger partial charge in [-0.25, -0.2) is 4.68 Å². The van der Waals surface area contributed by atoms with Gasteiger partial charge >= 0.3 is 0 Å². The van der Waals surface area contributed by atoms with E-state index in [4.69, 9.17) is 0 Å². The Balaban J connectivity index is 2.31. The first-order chi connectivity index (χ1) is 6.77. The van der Waals surface area contributed by atoms with E-state index in [1.54, 1.807) is 10.9 Å². The summed E-state index contributed by atoms with van der Waals surface area (Å²) >= 11 is 0. The predicted molar refractivity (Wildman–Crippen MR) is 54.3 cm³/mol. The zero-order valence-corrected chi connectivity index (χ0v) is 8.31. The summed E-state index contributed by atoms with van der Waals surface area (Å²) in [6.45, 7) is 4.36. The van der Waals surface area contributed by atoms with Crippen molar-refractivity contribution in [3.05, 3.63) is 42.2 Å². The summed E-state index contributed by atoms with van der Waals surface area (Å²) < 4.78 is 1.70. The highest BCUT2D eigenvalue weighted by atomic mass is 15.4. The van der Waals surface area contributed by atoms with Gasteiger partial charge in [0.1, 0.15) is 6.20 Å². The first kappa shape index (κ1) is 8.94. The van der Waals surface area contributed by atoms with Crippen LogP contribution >= 0.6 is 0 Å². The van der Waals surface area contributed by atoms with E-state index in [1.807, 2.05) is 12.1 Å². The number of nitrogens with zero attached hydrogens (tertiary/aromatic N) is 3. The van der Waals surface area contributed by atoms with Crippen molar-refractivity contribution in [3.8, 4) is 5.69 Å². The number of benzene rings is 1. The van der Waals surface area contributed by atoms with Crippen molar-refractivity contribution >= 4 is 0 Å². The lowest BCUT2D eigenvalue weighted by Crippen LogP contribution is -1.95. The molecule has 0 saturated heterocycles. The second-order valence-corrected chi connectivity index (χ2v) is 3.54. The third-order valence-electron chi connectivity index (χ3n) is 2.20. The first-order valence-corrected chi connectivity index (χ1v) is 4.66. The molecule has 0 aliphatic carbocycles. The van der Waals surface area contributed by atoms with Crippen LogP contribution in [0.5, 0.6) is 0 Å². The quantitative estimate of drug-likeness (QED) is 0.719. The van der Waals surface area contributed by atoms with E-state index < -0.39 is 0 Å². The lowest BCUT2D eigenvalue weighted by Gasteiger charge is -2.06. The largest absolute Gasteiger partial charge is 0.220 e. The van der Waals surface area contributed by atoms with Crippen molar-refractivity contribution in [2.75, 3.05) is 0 Å². The average Bonchev–Trinajstić information content (AvgIpc) is 2.71. The van der Waals surface area contributed by atoms with Gasteiger partial charge in [0, 0.05) is 0 Å². The summed E-state index contributed by atoms with van der Waals surface area (Å²) in [4.78, 5) is 0. The molecule has 1 radical (unpaired) electrons. The molecule has 3 heteroatoms. The van der Waals surface area contributed by atoms with Gasteiger partial charge in [-0.05, 0) is 23.6 Å². The van der Waals surface area contributed by atoms with Gasteiger partial charge in [-0.2, -0.15) is 0 Å². The molecule has 0 unspecified atom stereocenters. The number of rotatable bonds is 2. The molecule has 0 aliphatic rings. The summed E-state index contributed by atoms with van der Waals surface area (Å²) in [7, 11) is 0. The third kappa shape index (κ3) is 1.66. The fraction of sp³-hybridized carbons (Fsp3) is 0.273. The minimum Gasteiger partial charge on any atom is -0.220 e. The fourth-order valence-corrected chi connectivity index (χ4v) is 1.32. The fourth-order valence-electron chi connectivity index (χ4n) is 1.32. The topological polar surface area (TPSA) is 30.7 Å². The third-order valence-corrected chi connectivity index (χ3v) is 2.20. The maximum Gasteiger partial charge on any atom is 0.135 e. The van der Waals surface area contributed by atoms with Crippen LogP contribution in [0.2, 0.25) is 0 Å². The lowest BCUT2D eigenvalue weighted by atomic mass is 10.0. The van der Waals surface area contributed by atoms with Crippen LogP contribution in [0.15, 0.2) is 30.5 Å². The summed E-state index contributed by atoms with van der Waals surface area (Å²) in [6, 6.07) is 8.30. The number of hydrogen-bond donors (Lipinski definition) is 0. The molecule has 1 heterocycles. The lowest BCUT2D eigenvalue weighted by molar-refractivity contribution is 0.799. The second kappa shape index (κ2) is 3.62. The van der Waals surface area contributed by atoms with E-state index in [-0.39, 0.29) is 0 Å². The van der Waals surface area contributed by atoms with Gasteiger partial charge in [-0.3, -0.25) is 0 Å². The minimum atomic E-state index is 0.561. The maximum absolute atomic E-state index is 3.87. The molecule has 1 aromatic carbocycles. The average molecular weight is 186 g/mol. The Bertz CT molecular complexity index is 387. The van der Waals surface area contributed by atoms with Crippen molar-refractivity contribution in [1.29, 1.82) is 0 Å². The van der Waals surface area contributed by atoms with Gasteiger partial charge in [0.25, 0.3) is 0 Å². The van der Waals surface area contributed by atoms with Gasteiger partial charge in [0.2, 0.25) is 0 Å². The molecule has 0 N–H and O–H groups in total. The Kier molecular flexibility index (Phi) is 2.31. The molecule has 1 aromatic heterocycles. The van der Waals surface area contributed by atoms with E-state index in [9.17, 15) is 0 Å². The minimum absolute atomic E-state index is 0.561. The molecule has 0 saturated carbocycles. The van der Waals surface area contributed by atoms with Crippen LogP contribution in [0.25, 0.3) is 5.69 Å². The molecular weight excluding hydrogens is 174 g/mol. The Morgan fingerprint density at radius 3 is 2.43 bits per heavy atom. The molecule has 0 fully saturated rings. The molecule has 0 amide bonds. The highest BCUT2D eigenvalue weighted by Gasteiger charge is 2.00. The molecule has 2 rings (SSSR count). The normalized spacial score (nSPS) is 10.8. The first-order valence-electron chi connectivity index (χ1n) is 4.66. The zero-order chi connectivity index (χ0) is 9.97. The van der Waals surface area contributed by atoms with E-state index in [0.717, 1.165) is 5.69 Å². The molecule has 0 aliphatic heterocycles. The predicted octanol–water partition coefficient (Wildman–Crippen LogP) is 2.19. The molecular formula is C11H12N3. The van der Waals surface area contributed by atoms with Crippen LogP contribution in [0, 0.1) is 6.20 Å². The Morgan fingerprint density at radius 1 is 1.21 bits per heavy atom. The highest BCUT2D eigenvalue weighted by molar-refractivity contribution is 5.34. The van der Waals surface area contributed by atoms with Crippen molar-refractivity contribution in [2.45, 2.75) is 19.8 Å². The summed E-state index contributed by atoms with van der Waals surface area (Å²) in [5.41, 5.74) is 2.35. The van der Waals surface area contributed by atoms with E-state index in [2.05, 4.69) is 42.5 Å². The van der Waals surface area contributed by atoms with Gasteiger partial charge in [-0.15, -0.1) is 5.10 Å². The van der Waals surface area contributed by atoms with Crippen molar-refractivity contribution in [3.63, 3.8) is 0 Å². The van der Waals surface area contributed by atoms with E-state index in [1.165, 1.54) is 5.56 Å².